The Kier molecular flexibility index (Phi) is 5.75. The molecule has 6 heteroatoms. The van der Waals surface area contributed by atoms with Gasteiger partial charge in [-0.2, -0.15) is 5.10 Å². The van der Waals surface area contributed by atoms with E-state index in [4.69, 9.17) is 9.73 Å². The van der Waals surface area contributed by atoms with Crippen LogP contribution in [-0.2, 0) is 4.74 Å². The average molecular weight is 381 g/mol. The molecule has 1 fully saturated rings. The van der Waals surface area contributed by atoms with Crippen molar-refractivity contribution >= 4 is 29.0 Å². The number of nitrogens with one attached hydrogen (secondary N) is 2. The quantitative estimate of drug-likeness (QED) is 0.752. The number of hydrazone groups is 1. The van der Waals surface area contributed by atoms with E-state index in [9.17, 15) is 0 Å². The lowest BCUT2D eigenvalue weighted by molar-refractivity contribution is 0.187. The standard InChI is InChI=1S/C21H24N4OS/c1-27-17-8-6-16(7-9-17)20-13-23-21(25-24-20)18-4-2-3-5-19(18)22-12-15-10-11-26-14-15/h2-9,15,22H,10-14H2,1H3,(H,23,25). The maximum absolute atomic E-state index is 5.47. The number of aliphatic imine (C=N–C) groups is 1. The average Bonchev–Trinajstić information content (AvgIpc) is 3.26. The van der Waals surface area contributed by atoms with E-state index in [1.165, 1.54) is 4.90 Å². The van der Waals surface area contributed by atoms with E-state index < -0.39 is 0 Å². The summed E-state index contributed by atoms with van der Waals surface area (Å²) in [7, 11) is 0. The molecule has 0 radical (unpaired) electrons. The number of nitrogens with zero attached hydrogens (tertiary/aromatic N) is 2. The van der Waals surface area contributed by atoms with Crippen molar-refractivity contribution < 1.29 is 4.74 Å². The molecule has 0 bridgehead atoms. The first-order valence-electron chi connectivity index (χ1n) is 9.26. The van der Waals surface area contributed by atoms with Crippen molar-refractivity contribution in [2.45, 2.75) is 11.3 Å². The van der Waals surface area contributed by atoms with Crippen molar-refractivity contribution in [1.82, 2.24) is 5.43 Å². The van der Waals surface area contributed by atoms with Crippen LogP contribution >= 0.6 is 11.8 Å². The summed E-state index contributed by atoms with van der Waals surface area (Å²) in [5.74, 6) is 1.39. The van der Waals surface area contributed by atoms with Crippen molar-refractivity contribution in [3.05, 3.63) is 59.7 Å². The first kappa shape index (κ1) is 18.1. The van der Waals surface area contributed by atoms with Gasteiger partial charge in [-0.15, -0.1) is 11.8 Å². The summed E-state index contributed by atoms with van der Waals surface area (Å²) >= 11 is 1.74. The number of ether oxygens (including phenoxy) is 1. The van der Waals surface area contributed by atoms with Crippen molar-refractivity contribution in [3.63, 3.8) is 0 Å². The van der Waals surface area contributed by atoms with E-state index in [2.05, 4.69) is 58.5 Å². The smallest absolute Gasteiger partial charge is 0.151 e. The molecule has 4 rings (SSSR count). The first-order valence-corrected chi connectivity index (χ1v) is 10.5. The minimum Gasteiger partial charge on any atom is -0.384 e. The molecule has 1 unspecified atom stereocenters. The summed E-state index contributed by atoms with van der Waals surface area (Å²) in [6.45, 7) is 3.21. The number of benzene rings is 2. The predicted octanol–water partition coefficient (Wildman–Crippen LogP) is 3.61. The van der Waals surface area contributed by atoms with Gasteiger partial charge in [0, 0.05) is 35.2 Å². The zero-order chi connectivity index (χ0) is 18.5. The number of para-hydroxylation sites is 1. The minimum atomic E-state index is 0.575. The summed E-state index contributed by atoms with van der Waals surface area (Å²) in [5, 5.41) is 8.13. The molecular weight excluding hydrogens is 356 g/mol. The molecular formula is C21H24N4OS. The minimum absolute atomic E-state index is 0.575. The van der Waals surface area contributed by atoms with Gasteiger partial charge in [0.2, 0.25) is 0 Å². The second-order valence-electron chi connectivity index (χ2n) is 6.72. The third-order valence-electron chi connectivity index (χ3n) is 4.89. The predicted molar refractivity (Wildman–Crippen MR) is 113 cm³/mol. The van der Waals surface area contributed by atoms with Crippen LogP contribution in [0.5, 0.6) is 0 Å². The van der Waals surface area contributed by atoms with Crippen molar-refractivity contribution in [1.29, 1.82) is 0 Å². The zero-order valence-corrected chi connectivity index (χ0v) is 16.3. The Morgan fingerprint density at radius 1 is 1.19 bits per heavy atom. The lowest BCUT2D eigenvalue weighted by Gasteiger charge is -2.18. The van der Waals surface area contributed by atoms with Crippen LogP contribution in [0, 0.1) is 5.92 Å². The van der Waals surface area contributed by atoms with E-state index in [1.807, 2.05) is 12.1 Å². The Bertz CT molecular complexity index is 842. The van der Waals surface area contributed by atoms with Crippen LogP contribution in [0.15, 0.2) is 63.5 Å². The second-order valence-corrected chi connectivity index (χ2v) is 7.60. The number of rotatable bonds is 6. The van der Waals surface area contributed by atoms with Crippen LogP contribution in [0.1, 0.15) is 17.5 Å². The zero-order valence-electron chi connectivity index (χ0n) is 15.4. The lowest BCUT2D eigenvalue weighted by atomic mass is 10.1. The van der Waals surface area contributed by atoms with Crippen LogP contribution in [0.25, 0.3) is 0 Å². The lowest BCUT2D eigenvalue weighted by Crippen LogP contribution is -2.29. The van der Waals surface area contributed by atoms with Crippen LogP contribution in [0.4, 0.5) is 5.69 Å². The van der Waals surface area contributed by atoms with Crippen LogP contribution in [0.3, 0.4) is 0 Å². The van der Waals surface area contributed by atoms with Crippen LogP contribution in [-0.4, -0.2) is 44.1 Å². The third kappa shape index (κ3) is 4.34. The summed E-state index contributed by atoms with van der Waals surface area (Å²) in [5.41, 5.74) is 7.35. The highest BCUT2D eigenvalue weighted by Crippen LogP contribution is 2.20. The van der Waals surface area contributed by atoms with Gasteiger partial charge in [-0.25, -0.2) is 0 Å². The molecule has 0 saturated carbocycles. The van der Waals surface area contributed by atoms with Crippen molar-refractivity contribution in [2.24, 2.45) is 16.0 Å². The number of anilines is 1. The van der Waals surface area contributed by atoms with Crippen molar-refractivity contribution in [2.75, 3.05) is 37.9 Å². The molecule has 2 N–H and O–H groups in total. The van der Waals surface area contributed by atoms with Crippen LogP contribution < -0.4 is 10.7 Å². The molecule has 2 aliphatic heterocycles. The maximum Gasteiger partial charge on any atom is 0.151 e. The molecule has 0 amide bonds. The Morgan fingerprint density at radius 3 is 2.74 bits per heavy atom. The van der Waals surface area contributed by atoms with Gasteiger partial charge in [-0.3, -0.25) is 10.4 Å². The Morgan fingerprint density at radius 2 is 2.04 bits per heavy atom. The fourth-order valence-corrected chi connectivity index (χ4v) is 3.68. The van der Waals surface area contributed by atoms with E-state index in [0.717, 1.165) is 54.5 Å². The van der Waals surface area contributed by atoms with E-state index in [1.54, 1.807) is 11.8 Å². The highest BCUT2D eigenvalue weighted by Gasteiger charge is 2.18. The molecule has 0 aromatic heterocycles. The molecule has 27 heavy (non-hydrogen) atoms. The molecule has 2 aliphatic rings. The largest absolute Gasteiger partial charge is 0.384 e. The molecule has 1 atom stereocenters. The number of hydrogen-bond acceptors (Lipinski definition) is 6. The summed E-state index contributed by atoms with van der Waals surface area (Å²) in [4.78, 5) is 6.00. The number of amidine groups is 1. The third-order valence-corrected chi connectivity index (χ3v) is 5.64. The summed E-state index contributed by atoms with van der Waals surface area (Å²) in [6.07, 6.45) is 3.20. The molecule has 0 spiro atoms. The molecule has 2 heterocycles. The van der Waals surface area contributed by atoms with Gasteiger partial charge in [0.1, 0.15) is 0 Å². The van der Waals surface area contributed by atoms with Gasteiger partial charge in [0.05, 0.1) is 18.9 Å². The molecule has 2 aromatic rings. The van der Waals surface area contributed by atoms with E-state index in [-0.39, 0.29) is 0 Å². The fraction of sp³-hybridized carbons (Fsp3) is 0.333. The topological polar surface area (TPSA) is 58.0 Å². The Hall–Kier alpha value is -2.31. The van der Waals surface area contributed by atoms with Gasteiger partial charge in [0.25, 0.3) is 0 Å². The monoisotopic (exact) mass is 380 g/mol. The first-order chi connectivity index (χ1) is 13.3. The van der Waals surface area contributed by atoms with Gasteiger partial charge >= 0.3 is 0 Å². The number of hydrogen-bond donors (Lipinski definition) is 2. The molecule has 5 nitrogen and oxygen atoms in total. The Balaban J connectivity index is 1.44. The van der Waals surface area contributed by atoms with E-state index >= 15 is 0 Å². The van der Waals surface area contributed by atoms with Gasteiger partial charge in [-0.05, 0) is 42.5 Å². The van der Waals surface area contributed by atoms with Gasteiger partial charge < -0.3 is 10.1 Å². The fourth-order valence-electron chi connectivity index (χ4n) is 3.27. The van der Waals surface area contributed by atoms with Gasteiger partial charge in [0.15, 0.2) is 5.84 Å². The molecule has 2 aromatic carbocycles. The second kappa shape index (κ2) is 8.59. The molecule has 1 saturated heterocycles. The number of thioether (sulfide) groups is 1. The highest BCUT2D eigenvalue weighted by atomic mass is 32.2. The van der Waals surface area contributed by atoms with Gasteiger partial charge in [-0.1, -0.05) is 24.3 Å². The maximum atomic E-state index is 5.47. The highest BCUT2D eigenvalue weighted by molar-refractivity contribution is 7.98. The normalized spacial score (nSPS) is 19.2. The van der Waals surface area contributed by atoms with Crippen molar-refractivity contribution in [3.8, 4) is 0 Å². The molecule has 0 aliphatic carbocycles. The summed E-state index contributed by atoms with van der Waals surface area (Å²) < 4.78 is 5.47. The summed E-state index contributed by atoms with van der Waals surface area (Å²) in [6, 6.07) is 16.7. The Labute approximate surface area is 164 Å². The van der Waals surface area contributed by atoms with Crippen LogP contribution in [0.2, 0.25) is 0 Å². The van der Waals surface area contributed by atoms with E-state index in [0.29, 0.717) is 12.5 Å². The molecule has 140 valence electrons. The SMILES string of the molecule is CSc1ccc(C2=NNC(c3ccccc3NCC3CCOC3)=NC2)cc1.